The van der Waals surface area contributed by atoms with Gasteiger partial charge in [-0.2, -0.15) is 0 Å². The minimum Gasteiger partial charge on any atom is -0.494 e. The molecule has 32 heavy (non-hydrogen) atoms. The number of rotatable bonds is 7. The largest absolute Gasteiger partial charge is 0.494 e. The fraction of sp³-hybridized carbons (Fsp3) is 0.115. The Bertz CT molecular complexity index is 1170. The highest BCUT2D eigenvalue weighted by molar-refractivity contribution is 6.04. The number of anilines is 3. The van der Waals surface area contributed by atoms with Crippen molar-refractivity contribution in [3.63, 3.8) is 0 Å². The molecule has 1 heterocycles. The van der Waals surface area contributed by atoms with E-state index in [9.17, 15) is 4.79 Å². The van der Waals surface area contributed by atoms with E-state index in [2.05, 4.69) is 39.9 Å². The first-order chi connectivity index (χ1) is 15.6. The molecule has 1 aromatic heterocycles. The number of nitrogens with one attached hydrogen (secondary N) is 2. The van der Waals surface area contributed by atoms with Crippen molar-refractivity contribution < 1.29 is 9.53 Å². The summed E-state index contributed by atoms with van der Waals surface area (Å²) in [5, 5.41) is 14.6. The van der Waals surface area contributed by atoms with Crippen molar-refractivity contribution in [2.45, 2.75) is 13.8 Å². The number of benzene rings is 3. The van der Waals surface area contributed by atoms with E-state index in [4.69, 9.17) is 4.74 Å². The van der Waals surface area contributed by atoms with Crippen LogP contribution in [0.25, 0.3) is 11.3 Å². The second-order valence-corrected chi connectivity index (χ2v) is 7.28. The Balaban J connectivity index is 1.36. The number of nitrogens with zero attached hydrogens (tertiary/aromatic N) is 2. The Morgan fingerprint density at radius 3 is 2.12 bits per heavy atom. The lowest BCUT2D eigenvalue weighted by molar-refractivity contribution is 0.102. The van der Waals surface area contributed by atoms with Gasteiger partial charge in [0.2, 0.25) is 0 Å². The van der Waals surface area contributed by atoms with E-state index in [-0.39, 0.29) is 5.91 Å². The predicted octanol–water partition coefficient (Wildman–Crippen LogP) is 5.85. The Kier molecular flexibility index (Phi) is 6.41. The van der Waals surface area contributed by atoms with Crippen LogP contribution in [0.3, 0.4) is 0 Å². The number of carbonyl (C=O) groups excluding carboxylic acids is 1. The normalized spacial score (nSPS) is 10.4. The minimum absolute atomic E-state index is 0.178. The molecule has 4 rings (SSSR count). The third-order valence-electron chi connectivity index (χ3n) is 4.85. The fourth-order valence-corrected chi connectivity index (χ4v) is 3.13. The van der Waals surface area contributed by atoms with Crippen molar-refractivity contribution in [2.24, 2.45) is 0 Å². The summed E-state index contributed by atoms with van der Waals surface area (Å²) >= 11 is 0. The van der Waals surface area contributed by atoms with Crippen LogP contribution in [0.5, 0.6) is 5.75 Å². The van der Waals surface area contributed by atoms with Gasteiger partial charge >= 0.3 is 0 Å². The Hall–Kier alpha value is -4.19. The van der Waals surface area contributed by atoms with Crippen LogP contribution in [0.1, 0.15) is 22.8 Å². The molecule has 0 saturated carbocycles. The average molecular weight is 425 g/mol. The smallest absolute Gasteiger partial charge is 0.255 e. The Morgan fingerprint density at radius 2 is 1.50 bits per heavy atom. The summed E-state index contributed by atoms with van der Waals surface area (Å²) in [7, 11) is 0. The van der Waals surface area contributed by atoms with E-state index in [1.165, 1.54) is 5.56 Å². The number of aromatic nitrogens is 2. The van der Waals surface area contributed by atoms with Crippen LogP contribution in [0.2, 0.25) is 0 Å². The zero-order valence-electron chi connectivity index (χ0n) is 18.0. The molecular weight excluding hydrogens is 400 g/mol. The number of hydrogen-bond acceptors (Lipinski definition) is 5. The van der Waals surface area contributed by atoms with Gasteiger partial charge in [0.25, 0.3) is 5.91 Å². The molecule has 4 aromatic rings. The van der Waals surface area contributed by atoms with E-state index in [0.717, 1.165) is 22.7 Å². The molecule has 0 aliphatic carbocycles. The molecule has 0 bridgehead atoms. The highest BCUT2D eigenvalue weighted by Gasteiger charge is 2.07. The van der Waals surface area contributed by atoms with Crippen molar-refractivity contribution in [1.29, 1.82) is 0 Å². The van der Waals surface area contributed by atoms with Crippen LogP contribution < -0.4 is 15.4 Å². The summed E-state index contributed by atoms with van der Waals surface area (Å²) in [6.45, 7) is 4.59. The van der Waals surface area contributed by atoms with E-state index in [1.807, 2.05) is 67.6 Å². The van der Waals surface area contributed by atoms with E-state index in [1.54, 1.807) is 12.1 Å². The molecule has 1 amide bonds. The third kappa shape index (κ3) is 5.29. The summed E-state index contributed by atoms with van der Waals surface area (Å²) in [5.74, 6) is 1.23. The molecule has 0 fully saturated rings. The molecule has 0 saturated heterocycles. The second-order valence-electron chi connectivity index (χ2n) is 7.28. The average Bonchev–Trinajstić information content (AvgIpc) is 2.82. The van der Waals surface area contributed by atoms with Crippen LogP contribution in [0.15, 0.2) is 84.9 Å². The van der Waals surface area contributed by atoms with Gasteiger partial charge in [0.05, 0.1) is 12.3 Å². The summed E-state index contributed by atoms with van der Waals surface area (Å²) in [6.07, 6.45) is 0. The SMILES string of the molecule is CCOc1ccc(NC(=O)c2ccc(Nc3ccc(-c4ccc(C)cc4)nn3)cc2)cc1. The molecule has 0 atom stereocenters. The van der Waals surface area contributed by atoms with Gasteiger partial charge in [-0.1, -0.05) is 29.8 Å². The topological polar surface area (TPSA) is 76.1 Å². The first-order valence-electron chi connectivity index (χ1n) is 10.4. The van der Waals surface area contributed by atoms with Crippen LogP contribution in [-0.4, -0.2) is 22.7 Å². The minimum atomic E-state index is -0.178. The van der Waals surface area contributed by atoms with Crippen LogP contribution in [0, 0.1) is 6.92 Å². The first-order valence-corrected chi connectivity index (χ1v) is 10.4. The maximum Gasteiger partial charge on any atom is 0.255 e. The number of aryl methyl sites for hydroxylation is 1. The van der Waals surface area contributed by atoms with Crippen LogP contribution in [0.4, 0.5) is 17.2 Å². The summed E-state index contributed by atoms with van der Waals surface area (Å²) in [6, 6.07) is 26.5. The highest BCUT2D eigenvalue weighted by atomic mass is 16.5. The summed E-state index contributed by atoms with van der Waals surface area (Å²) in [5.41, 5.74) is 5.14. The molecule has 0 spiro atoms. The van der Waals surface area contributed by atoms with Gasteiger partial charge in [-0.25, -0.2) is 0 Å². The van der Waals surface area contributed by atoms with Crippen molar-refractivity contribution >= 4 is 23.1 Å². The summed E-state index contributed by atoms with van der Waals surface area (Å²) in [4.78, 5) is 12.5. The second kappa shape index (κ2) is 9.75. The van der Waals surface area contributed by atoms with Crippen LogP contribution >= 0.6 is 0 Å². The fourth-order valence-electron chi connectivity index (χ4n) is 3.13. The van der Waals surface area contributed by atoms with Crippen molar-refractivity contribution in [2.75, 3.05) is 17.2 Å². The van der Waals surface area contributed by atoms with Gasteiger partial charge in [0.1, 0.15) is 5.75 Å². The van der Waals surface area contributed by atoms with Gasteiger partial charge in [-0.3, -0.25) is 4.79 Å². The Labute approximate surface area is 187 Å². The summed E-state index contributed by atoms with van der Waals surface area (Å²) < 4.78 is 5.42. The third-order valence-corrected chi connectivity index (χ3v) is 4.85. The van der Waals surface area contributed by atoms with E-state index in [0.29, 0.717) is 23.7 Å². The van der Waals surface area contributed by atoms with E-state index < -0.39 is 0 Å². The molecule has 0 aliphatic rings. The molecule has 6 heteroatoms. The predicted molar refractivity (Wildman–Crippen MR) is 127 cm³/mol. The van der Waals surface area contributed by atoms with Gasteiger partial charge < -0.3 is 15.4 Å². The number of amides is 1. The number of hydrogen-bond donors (Lipinski definition) is 2. The lowest BCUT2D eigenvalue weighted by Gasteiger charge is -2.09. The number of ether oxygens (including phenoxy) is 1. The quantitative estimate of drug-likeness (QED) is 0.389. The Morgan fingerprint density at radius 1 is 0.812 bits per heavy atom. The standard InChI is InChI=1S/C26H24N4O2/c1-3-32-23-14-12-22(13-15-23)28-26(31)20-8-10-21(11-9-20)27-25-17-16-24(29-30-25)19-6-4-18(2)5-7-19/h4-17H,3H2,1-2H3,(H,27,30)(H,28,31). The van der Waals surface area contributed by atoms with Crippen molar-refractivity contribution in [3.8, 4) is 17.0 Å². The van der Waals surface area contributed by atoms with Crippen molar-refractivity contribution in [3.05, 3.63) is 96.1 Å². The first kappa shape index (κ1) is 21.1. The molecule has 160 valence electrons. The van der Waals surface area contributed by atoms with Crippen LogP contribution in [-0.2, 0) is 0 Å². The molecule has 6 nitrogen and oxygen atoms in total. The molecule has 0 radical (unpaired) electrons. The maximum absolute atomic E-state index is 12.5. The van der Waals surface area contributed by atoms with E-state index >= 15 is 0 Å². The van der Waals surface area contributed by atoms with Crippen molar-refractivity contribution in [1.82, 2.24) is 10.2 Å². The van der Waals surface area contributed by atoms with Gasteiger partial charge in [0, 0.05) is 22.5 Å². The molecule has 0 aliphatic heterocycles. The monoisotopic (exact) mass is 424 g/mol. The zero-order chi connectivity index (χ0) is 22.3. The van der Waals surface area contributed by atoms with Gasteiger partial charge in [-0.05, 0) is 74.5 Å². The molecular formula is C26H24N4O2. The maximum atomic E-state index is 12.5. The molecule has 2 N–H and O–H groups in total. The lowest BCUT2D eigenvalue weighted by Crippen LogP contribution is -2.11. The zero-order valence-corrected chi connectivity index (χ0v) is 18.0. The van der Waals surface area contributed by atoms with Gasteiger partial charge in [0.15, 0.2) is 5.82 Å². The molecule has 3 aromatic carbocycles. The highest BCUT2D eigenvalue weighted by Crippen LogP contribution is 2.21. The number of carbonyl (C=O) groups is 1. The lowest BCUT2D eigenvalue weighted by atomic mass is 10.1. The molecule has 0 unspecified atom stereocenters. The van der Waals surface area contributed by atoms with Gasteiger partial charge in [-0.15, -0.1) is 10.2 Å².